The van der Waals surface area contributed by atoms with E-state index in [0.29, 0.717) is 18.2 Å². The Balaban J connectivity index is 1.55. The second kappa shape index (κ2) is 10.3. The number of rotatable bonds is 6. The molecule has 0 aliphatic carbocycles. The van der Waals surface area contributed by atoms with E-state index in [-0.39, 0.29) is 17.1 Å². The fourth-order valence-electron chi connectivity index (χ4n) is 3.81. The summed E-state index contributed by atoms with van der Waals surface area (Å²) in [5.74, 6) is -0.154. The van der Waals surface area contributed by atoms with Crippen LogP contribution in [0.1, 0.15) is 68.7 Å². The molecule has 2 atom stereocenters. The molecule has 35 heavy (non-hydrogen) atoms. The van der Waals surface area contributed by atoms with E-state index >= 15 is 0 Å². The van der Waals surface area contributed by atoms with Crippen molar-refractivity contribution < 1.29 is 23.6 Å². The van der Waals surface area contributed by atoms with Gasteiger partial charge in [-0.15, -0.1) is 0 Å². The first-order valence-corrected chi connectivity index (χ1v) is 13.1. The Morgan fingerprint density at radius 1 is 1.17 bits per heavy atom. The van der Waals surface area contributed by atoms with E-state index in [1.165, 1.54) is 0 Å². The van der Waals surface area contributed by atoms with Gasteiger partial charge in [0, 0.05) is 36.2 Å². The summed E-state index contributed by atoms with van der Waals surface area (Å²) in [4.78, 5) is 36.2. The fourth-order valence-corrected chi connectivity index (χ4v) is 4.81. The lowest BCUT2D eigenvalue weighted by Gasteiger charge is -2.32. The van der Waals surface area contributed by atoms with Crippen LogP contribution in [0.15, 0.2) is 17.6 Å². The SMILES string of the molecule is CC(C)[C@@H](NC(=O)OC(C)(C)C)C(=O)N1CC[C@@H](Sc2ncc(B3OC(C)(C)C(C)(C)O3)cn2)C1. The van der Waals surface area contributed by atoms with Crippen LogP contribution in [-0.4, -0.2) is 75.2 Å². The maximum absolute atomic E-state index is 13.2. The maximum Gasteiger partial charge on any atom is 0.498 e. The molecule has 2 aliphatic heterocycles. The molecular weight excluding hydrogens is 467 g/mol. The van der Waals surface area contributed by atoms with Crippen LogP contribution in [0.3, 0.4) is 0 Å². The number of ether oxygens (including phenoxy) is 1. The first kappa shape index (κ1) is 27.7. The largest absolute Gasteiger partial charge is 0.498 e. The highest BCUT2D eigenvalue weighted by molar-refractivity contribution is 7.99. The lowest BCUT2D eigenvalue weighted by molar-refractivity contribution is -0.133. The van der Waals surface area contributed by atoms with Gasteiger partial charge in [-0.25, -0.2) is 14.8 Å². The normalized spacial score (nSPS) is 22.4. The molecule has 0 saturated carbocycles. The van der Waals surface area contributed by atoms with Gasteiger partial charge in [0.1, 0.15) is 11.6 Å². The summed E-state index contributed by atoms with van der Waals surface area (Å²) in [6.45, 7) is 18.5. The van der Waals surface area contributed by atoms with Crippen molar-refractivity contribution in [1.82, 2.24) is 20.2 Å². The lowest BCUT2D eigenvalue weighted by atomic mass is 9.81. The molecule has 9 nitrogen and oxygen atoms in total. The summed E-state index contributed by atoms with van der Waals surface area (Å²) in [7, 11) is -0.496. The topological polar surface area (TPSA) is 103 Å². The Labute approximate surface area is 213 Å². The van der Waals surface area contributed by atoms with E-state index in [4.69, 9.17) is 14.0 Å². The van der Waals surface area contributed by atoms with Gasteiger partial charge in [-0.2, -0.15) is 0 Å². The van der Waals surface area contributed by atoms with Crippen LogP contribution < -0.4 is 10.8 Å². The molecule has 0 unspecified atom stereocenters. The Kier molecular flexibility index (Phi) is 8.13. The molecule has 194 valence electrons. The molecule has 11 heteroatoms. The third kappa shape index (κ3) is 6.89. The molecule has 2 saturated heterocycles. The molecule has 3 rings (SSSR count). The molecular formula is C24H39BN4O5S. The quantitative estimate of drug-likeness (QED) is 0.464. The highest BCUT2D eigenvalue weighted by Crippen LogP contribution is 2.36. The van der Waals surface area contributed by atoms with Gasteiger partial charge < -0.3 is 24.3 Å². The second-order valence-corrected chi connectivity index (χ2v) is 12.8. The van der Waals surface area contributed by atoms with E-state index in [1.807, 2.05) is 41.5 Å². The lowest BCUT2D eigenvalue weighted by Crippen LogP contribution is -2.51. The molecule has 2 aliphatic rings. The molecule has 0 bridgehead atoms. The van der Waals surface area contributed by atoms with Crippen LogP contribution in [0.25, 0.3) is 0 Å². The van der Waals surface area contributed by atoms with Crippen molar-refractivity contribution in [3.63, 3.8) is 0 Å². The maximum atomic E-state index is 13.2. The predicted molar refractivity (Wildman–Crippen MR) is 137 cm³/mol. The molecule has 0 radical (unpaired) electrons. The Morgan fingerprint density at radius 3 is 2.26 bits per heavy atom. The number of nitrogens with zero attached hydrogens (tertiary/aromatic N) is 3. The molecule has 0 aromatic carbocycles. The molecule has 1 N–H and O–H groups in total. The molecule has 0 spiro atoms. The minimum Gasteiger partial charge on any atom is -0.444 e. The monoisotopic (exact) mass is 506 g/mol. The van der Waals surface area contributed by atoms with E-state index in [1.54, 1.807) is 49.8 Å². The van der Waals surface area contributed by atoms with Crippen molar-refractivity contribution in [2.24, 2.45) is 5.92 Å². The zero-order valence-electron chi connectivity index (χ0n) is 22.4. The van der Waals surface area contributed by atoms with Crippen molar-refractivity contribution in [1.29, 1.82) is 0 Å². The third-order valence-corrected chi connectivity index (χ3v) is 7.65. The first-order chi connectivity index (χ1) is 16.1. The molecule has 2 amide bonds. The van der Waals surface area contributed by atoms with Crippen molar-refractivity contribution in [3.05, 3.63) is 12.4 Å². The van der Waals surface area contributed by atoms with Crippen LogP contribution in [-0.2, 0) is 18.8 Å². The number of alkyl carbamates (subject to hydrolysis) is 1. The van der Waals surface area contributed by atoms with E-state index in [0.717, 1.165) is 11.9 Å². The van der Waals surface area contributed by atoms with Crippen LogP contribution in [0.2, 0.25) is 0 Å². The van der Waals surface area contributed by atoms with Crippen LogP contribution in [0.4, 0.5) is 4.79 Å². The molecule has 1 aromatic heterocycles. The van der Waals surface area contributed by atoms with E-state index in [2.05, 4.69) is 15.3 Å². The summed E-state index contributed by atoms with van der Waals surface area (Å²) in [5.41, 5.74) is -0.680. The first-order valence-electron chi connectivity index (χ1n) is 12.2. The van der Waals surface area contributed by atoms with Gasteiger partial charge in [-0.3, -0.25) is 4.79 Å². The average molecular weight is 506 g/mol. The number of carbonyl (C=O) groups excluding carboxylic acids is 2. The summed E-state index contributed by atoms with van der Waals surface area (Å²) < 4.78 is 17.5. The van der Waals surface area contributed by atoms with Gasteiger partial charge in [0.2, 0.25) is 5.91 Å². The average Bonchev–Trinajstić information content (AvgIpc) is 3.26. The molecule has 2 fully saturated rings. The standard InChI is InChI=1S/C24H39BN4O5S/c1-15(2)18(28-21(31)32-22(3,4)5)19(30)29-11-10-17(14-29)35-20-26-12-16(13-27-20)25-33-23(6,7)24(8,9)34-25/h12-13,15,17-18H,10-11,14H2,1-9H3,(H,28,31)/t17-,18-/m1/s1. The number of nitrogens with one attached hydrogen (secondary N) is 1. The Bertz CT molecular complexity index is 903. The number of hydrogen-bond acceptors (Lipinski definition) is 8. The summed E-state index contributed by atoms with van der Waals surface area (Å²) in [6, 6.07) is -0.635. The Hall–Kier alpha value is -1.85. The highest BCUT2D eigenvalue weighted by Gasteiger charge is 2.52. The van der Waals surface area contributed by atoms with E-state index in [9.17, 15) is 9.59 Å². The van der Waals surface area contributed by atoms with Gasteiger partial charge in [0.25, 0.3) is 0 Å². The molecule has 3 heterocycles. The summed E-state index contributed by atoms with van der Waals surface area (Å²) in [5, 5.41) is 3.58. The van der Waals surface area contributed by atoms with Crippen LogP contribution in [0.5, 0.6) is 0 Å². The van der Waals surface area contributed by atoms with Gasteiger partial charge >= 0.3 is 13.2 Å². The molecule has 1 aromatic rings. The zero-order chi connectivity index (χ0) is 26.2. The van der Waals surface area contributed by atoms with Gasteiger partial charge in [-0.1, -0.05) is 25.6 Å². The third-order valence-electron chi connectivity index (χ3n) is 6.51. The zero-order valence-corrected chi connectivity index (χ0v) is 23.2. The number of hydrogen-bond donors (Lipinski definition) is 1. The van der Waals surface area contributed by atoms with E-state index < -0.39 is 36.1 Å². The van der Waals surface area contributed by atoms with Crippen molar-refractivity contribution in [3.8, 4) is 0 Å². The van der Waals surface area contributed by atoms with Crippen molar-refractivity contribution >= 4 is 36.3 Å². The predicted octanol–water partition coefficient (Wildman–Crippen LogP) is 3.02. The Morgan fingerprint density at radius 2 is 1.74 bits per heavy atom. The number of amides is 2. The van der Waals surface area contributed by atoms with Crippen LogP contribution >= 0.6 is 11.8 Å². The number of likely N-dealkylation sites (tertiary alicyclic amines) is 1. The second-order valence-electron chi connectivity index (χ2n) is 11.6. The number of aromatic nitrogens is 2. The summed E-state index contributed by atoms with van der Waals surface area (Å²) >= 11 is 1.56. The van der Waals surface area contributed by atoms with Crippen molar-refractivity contribution in [2.45, 2.75) is 102 Å². The van der Waals surface area contributed by atoms with Crippen LogP contribution in [0, 0.1) is 5.92 Å². The highest BCUT2D eigenvalue weighted by atomic mass is 32.2. The van der Waals surface area contributed by atoms with Crippen molar-refractivity contribution in [2.75, 3.05) is 13.1 Å². The smallest absolute Gasteiger partial charge is 0.444 e. The van der Waals surface area contributed by atoms with Gasteiger partial charge in [0.05, 0.1) is 11.2 Å². The fraction of sp³-hybridized carbons (Fsp3) is 0.750. The minimum absolute atomic E-state index is 0.0624. The number of thioether (sulfide) groups is 1. The number of carbonyl (C=O) groups is 2. The minimum atomic E-state index is -0.635. The van der Waals surface area contributed by atoms with Gasteiger partial charge in [0.15, 0.2) is 5.16 Å². The summed E-state index contributed by atoms with van der Waals surface area (Å²) in [6.07, 6.45) is 3.74. The van der Waals surface area contributed by atoms with Gasteiger partial charge in [-0.05, 0) is 60.8 Å².